The molecule has 1 saturated heterocycles. The van der Waals surface area contributed by atoms with E-state index < -0.39 is 0 Å². The van der Waals surface area contributed by atoms with Crippen LogP contribution >= 0.6 is 11.8 Å². The SMILES string of the molecule is CC(C)(C)c1ccc(C2SCC(=O)N2CCC(=O)NC2CC2)cc1. The summed E-state index contributed by atoms with van der Waals surface area (Å²) in [5.74, 6) is 0.684. The Morgan fingerprint density at radius 2 is 1.92 bits per heavy atom. The molecule has 5 heteroatoms. The number of carbonyl (C=O) groups excluding carboxylic acids is 2. The lowest BCUT2D eigenvalue weighted by molar-refractivity contribution is -0.129. The van der Waals surface area contributed by atoms with Gasteiger partial charge in [0.1, 0.15) is 5.37 Å². The second-order valence-corrected chi connectivity index (χ2v) is 8.78. The fraction of sp³-hybridized carbons (Fsp3) is 0.579. The minimum atomic E-state index is 0.0280. The molecule has 2 amide bonds. The van der Waals surface area contributed by atoms with Crippen molar-refractivity contribution in [3.05, 3.63) is 35.4 Å². The fourth-order valence-electron chi connectivity index (χ4n) is 2.87. The van der Waals surface area contributed by atoms with Gasteiger partial charge in [0.25, 0.3) is 0 Å². The predicted molar refractivity (Wildman–Crippen MR) is 97.8 cm³/mol. The monoisotopic (exact) mass is 346 g/mol. The molecule has 1 aliphatic heterocycles. The molecular weight excluding hydrogens is 320 g/mol. The third-order valence-electron chi connectivity index (χ3n) is 4.55. The van der Waals surface area contributed by atoms with Crippen molar-refractivity contribution in [1.29, 1.82) is 0 Å². The highest BCUT2D eigenvalue weighted by Crippen LogP contribution is 2.39. The maximum Gasteiger partial charge on any atom is 0.233 e. The third kappa shape index (κ3) is 4.12. The van der Waals surface area contributed by atoms with E-state index in [1.54, 1.807) is 11.8 Å². The Labute approximate surface area is 148 Å². The molecule has 24 heavy (non-hydrogen) atoms. The molecule has 3 rings (SSSR count). The van der Waals surface area contributed by atoms with Crippen molar-refractivity contribution in [2.75, 3.05) is 12.3 Å². The van der Waals surface area contributed by atoms with Crippen molar-refractivity contribution in [3.63, 3.8) is 0 Å². The second-order valence-electron chi connectivity index (χ2n) is 7.71. The number of carbonyl (C=O) groups is 2. The first kappa shape index (κ1) is 17.3. The third-order valence-corrected chi connectivity index (χ3v) is 5.81. The van der Waals surface area contributed by atoms with Gasteiger partial charge in [-0.1, -0.05) is 45.0 Å². The van der Waals surface area contributed by atoms with Crippen molar-refractivity contribution in [2.45, 2.75) is 56.9 Å². The summed E-state index contributed by atoms with van der Waals surface area (Å²) < 4.78 is 0. The second kappa shape index (κ2) is 6.79. The Morgan fingerprint density at radius 3 is 2.50 bits per heavy atom. The molecular formula is C19H26N2O2S. The van der Waals surface area contributed by atoms with Crippen LogP contribution < -0.4 is 5.32 Å². The Hall–Kier alpha value is -1.49. The molecule has 1 heterocycles. The summed E-state index contributed by atoms with van der Waals surface area (Å²) in [7, 11) is 0. The van der Waals surface area contributed by atoms with Gasteiger partial charge in [-0.25, -0.2) is 0 Å². The van der Waals surface area contributed by atoms with Gasteiger partial charge >= 0.3 is 0 Å². The van der Waals surface area contributed by atoms with Crippen LogP contribution in [0.2, 0.25) is 0 Å². The average Bonchev–Trinajstić information content (AvgIpc) is 3.26. The zero-order valence-electron chi connectivity index (χ0n) is 14.7. The van der Waals surface area contributed by atoms with E-state index in [0.29, 0.717) is 24.8 Å². The zero-order valence-corrected chi connectivity index (χ0v) is 15.5. The lowest BCUT2D eigenvalue weighted by Gasteiger charge is -2.25. The number of benzene rings is 1. The van der Waals surface area contributed by atoms with Crippen LogP contribution in [0.3, 0.4) is 0 Å². The van der Waals surface area contributed by atoms with Crippen molar-refractivity contribution in [1.82, 2.24) is 10.2 Å². The van der Waals surface area contributed by atoms with Gasteiger partial charge < -0.3 is 10.2 Å². The smallest absolute Gasteiger partial charge is 0.233 e. The van der Waals surface area contributed by atoms with Crippen LogP contribution in [0.5, 0.6) is 0 Å². The van der Waals surface area contributed by atoms with E-state index in [1.165, 1.54) is 5.56 Å². The molecule has 0 aromatic heterocycles. The first-order valence-electron chi connectivity index (χ1n) is 8.65. The molecule has 2 fully saturated rings. The van der Waals surface area contributed by atoms with E-state index >= 15 is 0 Å². The predicted octanol–water partition coefficient (Wildman–Crippen LogP) is 3.23. The molecule has 1 aliphatic carbocycles. The van der Waals surface area contributed by atoms with Crippen LogP contribution in [0.4, 0.5) is 0 Å². The molecule has 4 nitrogen and oxygen atoms in total. The van der Waals surface area contributed by atoms with Crippen LogP contribution in [0.25, 0.3) is 0 Å². The Bertz CT molecular complexity index is 617. The van der Waals surface area contributed by atoms with Crippen molar-refractivity contribution in [2.24, 2.45) is 0 Å². The van der Waals surface area contributed by atoms with Crippen LogP contribution in [-0.4, -0.2) is 35.1 Å². The molecule has 1 atom stereocenters. The molecule has 130 valence electrons. The van der Waals surface area contributed by atoms with Gasteiger partial charge in [0, 0.05) is 19.0 Å². The number of hydrogen-bond acceptors (Lipinski definition) is 3. The maximum absolute atomic E-state index is 12.2. The maximum atomic E-state index is 12.2. The van der Waals surface area contributed by atoms with Crippen LogP contribution in [0.1, 0.15) is 56.5 Å². The van der Waals surface area contributed by atoms with Gasteiger partial charge in [-0.2, -0.15) is 0 Å². The molecule has 0 spiro atoms. The molecule has 1 aromatic carbocycles. The molecule has 0 radical (unpaired) electrons. The van der Waals surface area contributed by atoms with E-state index in [4.69, 9.17) is 0 Å². The molecule has 1 aromatic rings. The fourth-order valence-corrected chi connectivity index (χ4v) is 4.09. The first-order chi connectivity index (χ1) is 11.3. The quantitative estimate of drug-likeness (QED) is 0.890. The van der Waals surface area contributed by atoms with Gasteiger partial charge in [0.15, 0.2) is 0 Å². The first-order valence-corrected chi connectivity index (χ1v) is 9.70. The van der Waals surface area contributed by atoms with Gasteiger partial charge in [0.05, 0.1) is 5.75 Å². The number of thioether (sulfide) groups is 1. The minimum absolute atomic E-state index is 0.0280. The Morgan fingerprint density at radius 1 is 1.25 bits per heavy atom. The highest BCUT2D eigenvalue weighted by atomic mass is 32.2. The number of rotatable bonds is 5. The lowest BCUT2D eigenvalue weighted by Crippen LogP contribution is -2.34. The van der Waals surface area contributed by atoms with Crippen LogP contribution in [-0.2, 0) is 15.0 Å². The lowest BCUT2D eigenvalue weighted by atomic mass is 9.86. The number of nitrogens with zero attached hydrogens (tertiary/aromatic N) is 1. The summed E-state index contributed by atoms with van der Waals surface area (Å²) in [5.41, 5.74) is 2.55. The van der Waals surface area contributed by atoms with E-state index in [0.717, 1.165) is 18.4 Å². The summed E-state index contributed by atoms with van der Waals surface area (Å²) in [4.78, 5) is 26.0. The van der Waals surface area contributed by atoms with Crippen LogP contribution in [0.15, 0.2) is 24.3 Å². The van der Waals surface area contributed by atoms with Gasteiger partial charge in [-0.15, -0.1) is 11.8 Å². The highest BCUT2D eigenvalue weighted by Gasteiger charge is 2.33. The molecule has 0 bridgehead atoms. The Kier molecular flexibility index (Phi) is 4.90. The molecule has 1 saturated carbocycles. The normalized spacial score (nSPS) is 21.2. The van der Waals surface area contributed by atoms with Crippen LogP contribution in [0, 0.1) is 0 Å². The summed E-state index contributed by atoms with van der Waals surface area (Å²) in [5, 5.41) is 3.02. The molecule has 1 unspecified atom stereocenters. The summed E-state index contributed by atoms with van der Waals surface area (Å²) >= 11 is 1.65. The van der Waals surface area contributed by atoms with Crippen molar-refractivity contribution < 1.29 is 9.59 Å². The zero-order chi connectivity index (χ0) is 17.3. The van der Waals surface area contributed by atoms with Gasteiger partial charge in [-0.05, 0) is 29.4 Å². The van der Waals surface area contributed by atoms with Crippen molar-refractivity contribution >= 4 is 23.6 Å². The number of amides is 2. The standard InChI is InChI=1S/C19H26N2O2S/c1-19(2,3)14-6-4-13(5-7-14)18-21(17(23)12-24-18)11-10-16(22)20-15-8-9-15/h4-7,15,18H,8-12H2,1-3H3,(H,20,22). The Balaban J connectivity index is 1.64. The average molecular weight is 346 g/mol. The van der Waals surface area contributed by atoms with E-state index in [1.807, 2.05) is 4.90 Å². The van der Waals surface area contributed by atoms with Crippen molar-refractivity contribution in [3.8, 4) is 0 Å². The molecule has 2 aliphatic rings. The van der Waals surface area contributed by atoms with E-state index in [2.05, 4.69) is 50.4 Å². The van der Waals surface area contributed by atoms with E-state index in [-0.39, 0.29) is 22.6 Å². The summed E-state index contributed by atoms with van der Waals surface area (Å²) in [6.45, 7) is 7.08. The van der Waals surface area contributed by atoms with E-state index in [9.17, 15) is 9.59 Å². The van der Waals surface area contributed by atoms with Gasteiger partial charge in [-0.3, -0.25) is 9.59 Å². The largest absolute Gasteiger partial charge is 0.353 e. The van der Waals surface area contributed by atoms with Gasteiger partial charge in [0.2, 0.25) is 11.8 Å². The highest BCUT2D eigenvalue weighted by molar-refractivity contribution is 8.00. The minimum Gasteiger partial charge on any atom is -0.353 e. The summed E-state index contributed by atoms with van der Waals surface area (Å²) in [6, 6.07) is 8.91. The summed E-state index contributed by atoms with van der Waals surface area (Å²) in [6.07, 6.45) is 2.57. The number of nitrogens with one attached hydrogen (secondary N) is 1. The number of hydrogen-bond donors (Lipinski definition) is 1. The topological polar surface area (TPSA) is 49.4 Å². The molecule has 1 N–H and O–H groups in total.